The van der Waals surface area contributed by atoms with E-state index in [1.165, 1.54) is 5.69 Å². The van der Waals surface area contributed by atoms with Crippen molar-refractivity contribution in [2.24, 2.45) is 0 Å². The van der Waals surface area contributed by atoms with E-state index < -0.39 is 0 Å². The maximum atomic E-state index is 5.66. The zero-order valence-electron chi connectivity index (χ0n) is 11.6. The first-order chi connectivity index (χ1) is 8.70. The Morgan fingerprint density at radius 1 is 1.44 bits per heavy atom. The monoisotopic (exact) mass is 249 g/mol. The summed E-state index contributed by atoms with van der Waals surface area (Å²) in [5.41, 5.74) is 2.35. The molecule has 1 aromatic rings. The second kappa shape index (κ2) is 6.16. The summed E-state index contributed by atoms with van der Waals surface area (Å²) in [6.07, 6.45) is 2.97. The zero-order valence-corrected chi connectivity index (χ0v) is 11.6. The molecule has 2 heterocycles. The molecule has 4 heteroatoms. The molecule has 0 N–H and O–H groups in total. The molecule has 1 aliphatic rings. The lowest BCUT2D eigenvalue weighted by Gasteiger charge is -2.28. The maximum absolute atomic E-state index is 5.66. The number of hydrogen-bond donors (Lipinski definition) is 0. The molecule has 0 unspecified atom stereocenters. The first-order valence-corrected chi connectivity index (χ1v) is 6.64. The number of pyridine rings is 1. The van der Waals surface area contributed by atoms with Crippen molar-refractivity contribution in [3.8, 4) is 0 Å². The average molecular weight is 249 g/mol. The number of rotatable bonds is 3. The van der Waals surface area contributed by atoms with Gasteiger partial charge in [-0.1, -0.05) is 6.92 Å². The lowest BCUT2D eigenvalue weighted by molar-refractivity contribution is 0.103. The van der Waals surface area contributed by atoms with Crippen molar-refractivity contribution < 1.29 is 4.74 Å². The highest BCUT2D eigenvalue weighted by atomic mass is 16.5. The number of ether oxygens (including phenoxy) is 1. The van der Waals surface area contributed by atoms with Crippen molar-refractivity contribution in [2.75, 3.05) is 45.3 Å². The van der Waals surface area contributed by atoms with Crippen LogP contribution >= 0.6 is 0 Å². The van der Waals surface area contributed by atoms with E-state index in [4.69, 9.17) is 4.74 Å². The van der Waals surface area contributed by atoms with Gasteiger partial charge in [0.05, 0.1) is 25.1 Å². The van der Waals surface area contributed by atoms with Crippen molar-refractivity contribution in [1.29, 1.82) is 0 Å². The molecule has 18 heavy (non-hydrogen) atoms. The van der Waals surface area contributed by atoms with Gasteiger partial charge in [-0.2, -0.15) is 0 Å². The van der Waals surface area contributed by atoms with E-state index >= 15 is 0 Å². The van der Waals surface area contributed by atoms with Crippen molar-refractivity contribution in [2.45, 2.75) is 19.4 Å². The predicted molar refractivity (Wildman–Crippen MR) is 74.1 cm³/mol. The van der Waals surface area contributed by atoms with E-state index in [1.54, 1.807) is 0 Å². The van der Waals surface area contributed by atoms with Crippen LogP contribution in [0.5, 0.6) is 0 Å². The van der Waals surface area contributed by atoms with Crippen LogP contribution in [0.4, 0.5) is 5.69 Å². The van der Waals surface area contributed by atoms with Crippen LogP contribution in [-0.2, 0) is 11.2 Å². The number of nitrogens with zero attached hydrogens (tertiary/aromatic N) is 3. The summed E-state index contributed by atoms with van der Waals surface area (Å²) in [5, 5.41) is 0. The third-order valence-corrected chi connectivity index (χ3v) is 3.51. The molecule has 1 atom stereocenters. The Bertz CT molecular complexity index is 364. The molecule has 1 fully saturated rings. The molecule has 1 saturated heterocycles. The average Bonchev–Trinajstić information content (AvgIpc) is 2.65. The van der Waals surface area contributed by atoms with E-state index in [1.807, 2.05) is 6.20 Å². The molecular weight excluding hydrogens is 226 g/mol. The van der Waals surface area contributed by atoms with Crippen LogP contribution in [0.15, 0.2) is 18.3 Å². The maximum Gasteiger partial charge on any atom is 0.0642 e. The molecule has 0 spiro atoms. The number of likely N-dealkylation sites (N-methyl/N-ethyl adjacent to an activating group) is 1. The molecule has 1 aliphatic heterocycles. The molecule has 0 amide bonds. The summed E-state index contributed by atoms with van der Waals surface area (Å²) in [6.45, 7) is 5.67. The molecule has 1 aromatic heterocycles. The van der Waals surface area contributed by atoms with E-state index in [-0.39, 0.29) is 0 Å². The molecule has 4 nitrogen and oxygen atoms in total. The van der Waals surface area contributed by atoms with Crippen molar-refractivity contribution in [1.82, 2.24) is 9.88 Å². The van der Waals surface area contributed by atoms with Gasteiger partial charge < -0.3 is 14.5 Å². The van der Waals surface area contributed by atoms with Crippen molar-refractivity contribution >= 4 is 5.69 Å². The lowest BCUT2D eigenvalue weighted by atomic mass is 10.2. The van der Waals surface area contributed by atoms with Crippen LogP contribution in [0.3, 0.4) is 0 Å². The van der Waals surface area contributed by atoms with Gasteiger partial charge in [-0.25, -0.2) is 0 Å². The summed E-state index contributed by atoms with van der Waals surface area (Å²) >= 11 is 0. The highest BCUT2D eigenvalue weighted by molar-refractivity contribution is 5.45. The van der Waals surface area contributed by atoms with Crippen LogP contribution in [-0.4, -0.2) is 56.3 Å². The number of anilines is 1. The number of hydrogen-bond acceptors (Lipinski definition) is 4. The molecular formula is C14H23N3O. The summed E-state index contributed by atoms with van der Waals surface area (Å²) in [5.74, 6) is 0. The van der Waals surface area contributed by atoms with E-state index in [9.17, 15) is 0 Å². The summed E-state index contributed by atoms with van der Waals surface area (Å²) in [4.78, 5) is 9.07. The Kier molecular flexibility index (Phi) is 4.55. The molecule has 0 aromatic carbocycles. The Morgan fingerprint density at radius 3 is 2.89 bits per heavy atom. The summed E-state index contributed by atoms with van der Waals surface area (Å²) in [7, 11) is 4.21. The SMILES string of the molecule is CCc1ccc(N2CCOC[C@@H](N(C)C)C2)cn1. The van der Waals surface area contributed by atoms with Crippen LogP contribution in [0.25, 0.3) is 0 Å². The molecule has 2 rings (SSSR count). The Balaban J connectivity index is 2.09. The van der Waals surface area contributed by atoms with E-state index in [0.29, 0.717) is 6.04 Å². The summed E-state index contributed by atoms with van der Waals surface area (Å²) < 4.78 is 5.66. The summed E-state index contributed by atoms with van der Waals surface area (Å²) in [6, 6.07) is 4.73. The predicted octanol–water partition coefficient (Wildman–Crippen LogP) is 1.41. The molecule has 100 valence electrons. The first kappa shape index (κ1) is 13.3. The van der Waals surface area contributed by atoms with E-state index in [2.05, 4.69) is 47.9 Å². The second-order valence-corrected chi connectivity index (χ2v) is 5.00. The normalized spacial score (nSPS) is 21.1. The van der Waals surface area contributed by atoms with Crippen molar-refractivity contribution in [3.63, 3.8) is 0 Å². The van der Waals surface area contributed by atoms with Gasteiger partial charge in [0.1, 0.15) is 0 Å². The minimum atomic E-state index is 0.443. The largest absolute Gasteiger partial charge is 0.378 e. The minimum absolute atomic E-state index is 0.443. The minimum Gasteiger partial charge on any atom is -0.378 e. The smallest absolute Gasteiger partial charge is 0.0642 e. The van der Waals surface area contributed by atoms with Gasteiger partial charge in [-0.15, -0.1) is 0 Å². The fourth-order valence-corrected chi connectivity index (χ4v) is 2.15. The van der Waals surface area contributed by atoms with Crippen LogP contribution in [0.1, 0.15) is 12.6 Å². The third-order valence-electron chi connectivity index (χ3n) is 3.51. The first-order valence-electron chi connectivity index (χ1n) is 6.64. The molecule has 0 radical (unpaired) electrons. The Morgan fingerprint density at radius 2 is 2.28 bits per heavy atom. The van der Waals surface area contributed by atoms with Crippen LogP contribution < -0.4 is 4.90 Å². The topological polar surface area (TPSA) is 28.6 Å². The molecule has 0 aliphatic carbocycles. The quantitative estimate of drug-likeness (QED) is 0.810. The van der Waals surface area contributed by atoms with Gasteiger partial charge in [-0.05, 0) is 32.6 Å². The fourth-order valence-electron chi connectivity index (χ4n) is 2.15. The van der Waals surface area contributed by atoms with Crippen molar-refractivity contribution in [3.05, 3.63) is 24.0 Å². The lowest BCUT2D eigenvalue weighted by Crippen LogP contribution is -2.41. The molecule has 0 saturated carbocycles. The van der Waals surface area contributed by atoms with Gasteiger partial charge in [0, 0.05) is 24.8 Å². The zero-order chi connectivity index (χ0) is 13.0. The van der Waals surface area contributed by atoms with Gasteiger partial charge >= 0.3 is 0 Å². The fraction of sp³-hybridized carbons (Fsp3) is 0.643. The van der Waals surface area contributed by atoms with Gasteiger partial charge in [0.25, 0.3) is 0 Å². The number of aryl methyl sites for hydroxylation is 1. The Labute approximate surface area is 110 Å². The molecule has 0 bridgehead atoms. The second-order valence-electron chi connectivity index (χ2n) is 5.00. The van der Waals surface area contributed by atoms with Crippen LogP contribution in [0, 0.1) is 0 Å². The van der Waals surface area contributed by atoms with Gasteiger partial charge in [0.15, 0.2) is 0 Å². The number of aromatic nitrogens is 1. The third kappa shape index (κ3) is 3.21. The van der Waals surface area contributed by atoms with E-state index in [0.717, 1.165) is 38.4 Å². The highest BCUT2D eigenvalue weighted by Gasteiger charge is 2.20. The van der Waals surface area contributed by atoms with Crippen LogP contribution in [0.2, 0.25) is 0 Å². The highest BCUT2D eigenvalue weighted by Crippen LogP contribution is 2.16. The Hall–Kier alpha value is -1.13. The van der Waals surface area contributed by atoms with Gasteiger partial charge in [-0.3, -0.25) is 4.98 Å². The van der Waals surface area contributed by atoms with Gasteiger partial charge in [0.2, 0.25) is 0 Å². The standard InChI is InChI=1S/C14H23N3O/c1-4-12-5-6-13(9-15-12)17-7-8-18-11-14(10-17)16(2)3/h5-6,9,14H,4,7-8,10-11H2,1-3H3/t14-/m0/s1.